The Morgan fingerprint density at radius 2 is 1.94 bits per heavy atom. The van der Waals surface area contributed by atoms with Gasteiger partial charge in [-0.2, -0.15) is 0 Å². The fraction of sp³-hybridized carbons (Fsp3) is 0.625. The summed E-state index contributed by atoms with van der Waals surface area (Å²) in [5.74, 6) is 1.55. The van der Waals surface area contributed by atoms with Gasteiger partial charge in [-0.25, -0.2) is 0 Å². The van der Waals surface area contributed by atoms with E-state index in [4.69, 9.17) is 11.6 Å². The van der Waals surface area contributed by atoms with Crippen molar-refractivity contribution in [2.75, 3.05) is 0 Å². The second-order valence-corrected chi connectivity index (χ2v) is 6.29. The molecule has 92 valence electrons. The van der Waals surface area contributed by atoms with E-state index in [2.05, 4.69) is 24.3 Å². The van der Waals surface area contributed by atoms with Crippen LogP contribution in [0.4, 0.5) is 0 Å². The Morgan fingerprint density at radius 3 is 2.76 bits per heavy atom. The molecular formula is C16H21Cl. The van der Waals surface area contributed by atoms with E-state index in [0.29, 0.717) is 5.38 Å². The third kappa shape index (κ3) is 2.38. The quantitative estimate of drug-likeness (QED) is 0.653. The van der Waals surface area contributed by atoms with Crippen LogP contribution in [0.3, 0.4) is 0 Å². The van der Waals surface area contributed by atoms with Crippen molar-refractivity contribution in [1.82, 2.24) is 0 Å². The van der Waals surface area contributed by atoms with Gasteiger partial charge in [-0.1, -0.05) is 30.7 Å². The van der Waals surface area contributed by atoms with Crippen molar-refractivity contribution in [3.63, 3.8) is 0 Å². The lowest BCUT2D eigenvalue weighted by atomic mass is 9.78. The summed E-state index contributed by atoms with van der Waals surface area (Å²) in [6.45, 7) is 0. The maximum Gasteiger partial charge on any atom is 0.0364 e. The van der Waals surface area contributed by atoms with E-state index < -0.39 is 0 Å². The Kier molecular flexibility index (Phi) is 3.42. The summed E-state index contributed by atoms with van der Waals surface area (Å²) in [6.07, 6.45) is 9.27. The van der Waals surface area contributed by atoms with Gasteiger partial charge in [0.15, 0.2) is 0 Å². The highest BCUT2D eigenvalue weighted by atomic mass is 35.5. The van der Waals surface area contributed by atoms with Crippen molar-refractivity contribution in [2.45, 2.75) is 56.2 Å². The molecule has 1 fully saturated rings. The Labute approximate surface area is 109 Å². The maximum atomic E-state index is 6.42. The Morgan fingerprint density at radius 1 is 1.06 bits per heavy atom. The molecule has 0 radical (unpaired) electrons. The van der Waals surface area contributed by atoms with Gasteiger partial charge >= 0.3 is 0 Å². The number of alkyl halides is 1. The summed E-state index contributed by atoms with van der Waals surface area (Å²) in [6, 6.07) is 9.04. The molecule has 1 aromatic carbocycles. The first-order valence-electron chi connectivity index (χ1n) is 7.06. The van der Waals surface area contributed by atoms with Crippen LogP contribution < -0.4 is 0 Å². The predicted molar refractivity (Wildman–Crippen MR) is 73.7 cm³/mol. The minimum Gasteiger partial charge on any atom is -0.123 e. The second-order valence-electron chi connectivity index (χ2n) is 5.73. The molecule has 0 aliphatic heterocycles. The molecule has 1 heteroatoms. The molecule has 0 nitrogen and oxygen atoms in total. The van der Waals surface area contributed by atoms with E-state index in [9.17, 15) is 0 Å². The van der Waals surface area contributed by atoms with E-state index in [1.165, 1.54) is 44.9 Å². The van der Waals surface area contributed by atoms with Gasteiger partial charge in [0.1, 0.15) is 0 Å². The first-order valence-corrected chi connectivity index (χ1v) is 7.50. The average molecular weight is 249 g/mol. The van der Waals surface area contributed by atoms with Crippen LogP contribution >= 0.6 is 11.6 Å². The minimum absolute atomic E-state index is 0.448. The summed E-state index contributed by atoms with van der Waals surface area (Å²) in [5.41, 5.74) is 3.21. The Bertz CT molecular complexity index is 385. The van der Waals surface area contributed by atoms with Crippen LogP contribution in [-0.2, 0) is 6.42 Å². The van der Waals surface area contributed by atoms with Gasteiger partial charge in [0.25, 0.3) is 0 Å². The fourth-order valence-electron chi connectivity index (χ4n) is 3.72. The molecule has 0 amide bonds. The number of benzene rings is 1. The lowest BCUT2D eigenvalue weighted by Gasteiger charge is -2.28. The first-order chi connectivity index (χ1) is 8.34. The molecule has 0 saturated heterocycles. The molecule has 3 atom stereocenters. The summed E-state index contributed by atoms with van der Waals surface area (Å²) >= 11 is 6.42. The lowest BCUT2D eigenvalue weighted by molar-refractivity contribution is 0.412. The minimum atomic E-state index is 0.448. The predicted octanol–water partition coefficient (Wildman–Crippen LogP) is 4.90. The molecule has 1 saturated carbocycles. The summed E-state index contributed by atoms with van der Waals surface area (Å²) in [7, 11) is 0. The number of rotatable bonds is 2. The molecule has 3 unspecified atom stereocenters. The summed E-state index contributed by atoms with van der Waals surface area (Å²) in [4.78, 5) is 0. The molecule has 0 bridgehead atoms. The topological polar surface area (TPSA) is 0 Å². The highest BCUT2D eigenvalue weighted by molar-refractivity contribution is 6.20. The van der Waals surface area contributed by atoms with Crippen LogP contribution in [0.25, 0.3) is 0 Å². The van der Waals surface area contributed by atoms with E-state index in [0.717, 1.165) is 11.8 Å². The van der Waals surface area contributed by atoms with Gasteiger partial charge in [0.2, 0.25) is 0 Å². The Balaban J connectivity index is 1.76. The molecular weight excluding hydrogens is 228 g/mol. The third-order valence-corrected chi connectivity index (χ3v) is 5.22. The number of hydrogen-bond acceptors (Lipinski definition) is 0. The molecule has 0 N–H and O–H groups in total. The molecule has 3 rings (SSSR count). The molecule has 1 aromatic rings. The van der Waals surface area contributed by atoms with Gasteiger partial charge in [0, 0.05) is 5.38 Å². The van der Waals surface area contributed by atoms with Crippen molar-refractivity contribution >= 4 is 11.6 Å². The van der Waals surface area contributed by atoms with E-state index in [1.54, 1.807) is 11.1 Å². The Hall–Kier alpha value is -0.490. The van der Waals surface area contributed by atoms with Crippen LogP contribution in [0.2, 0.25) is 0 Å². The summed E-state index contributed by atoms with van der Waals surface area (Å²) < 4.78 is 0. The van der Waals surface area contributed by atoms with Crippen molar-refractivity contribution < 1.29 is 0 Å². The maximum absolute atomic E-state index is 6.42. The van der Waals surface area contributed by atoms with E-state index >= 15 is 0 Å². The van der Waals surface area contributed by atoms with Crippen LogP contribution in [0.5, 0.6) is 0 Å². The smallest absolute Gasteiger partial charge is 0.0364 e. The SMILES string of the molecule is ClC1CCCC1CC1CCCc2ccccc21. The zero-order valence-corrected chi connectivity index (χ0v) is 11.1. The van der Waals surface area contributed by atoms with Crippen LogP contribution in [0, 0.1) is 5.92 Å². The monoisotopic (exact) mass is 248 g/mol. The highest BCUT2D eigenvalue weighted by Crippen LogP contribution is 2.41. The van der Waals surface area contributed by atoms with Gasteiger partial charge < -0.3 is 0 Å². The highest BCUT2D eigenvalue weighted by Gasteiger charge is 2.30. The second kappa shape index (κ2) is 5.02. The van der Waals surface area contributed by atoms with Crippen molar-refractivity contribution in [3.05, 3.63) is 35.4 Å². The van der Waals surface area contributed by atoms with Gasteiger partial charge in [-0.3, -0.25) is 0 Å². The number of fused-ring (bicyclic) bond motifs is 1. The molecule has 2 aliphatic rings. The first kappa shape index (κ1) is 11.6. The van der Waals surface area contributed by atoms with Gasteiger partial charge in [0.05, 0.1) is 0 Å². The third-order valence-electron chi connectivity index (χ3n) is 4.65. The number of aryl methyl sites for hydroxylation is 1. The number of halogens is 1. The van der Waals surface area contributed by atoms with Crippen LogP contribution in [0.15, 0.2) is 24.3 Å². The van der Waals surface area contributed by atoms with Crippen LogP contribution in [-0.4, -0.2) is 5.38 Å². The fourth-order valence-corrected chi connectivity index (χ4v) is 4.11. The van der Waals surface area contributed by atoms with Crippen molar-refractivity contribution in [3.8, 4) is 0 Å². The van der Waals surface area contributed by atoms with Gasteiger partial charge in [-0.05, 0) is 61.5 Å². The lowest BCUT2D eigenvalue weighted by Crippen LogP contribution is -2.16. The molecule has 2 aliphatic carbocycles. The van der Waals surface area contributed by atoms with E-state index in [1.807, 2.05) is 0 Å². The van der Waals surface area contributed by atoms with Crippen molar-refractivity contribution in [2.24, 2.45) is 5.92 Å². The molecule has 0 heterocycles. The standard InChI is InChI=1S/C16H21Cl/c17-16-10-4-8-14(16)11-13-7-3-6-12-5-1-2-9-15(12)13/h1-2,5,9,13-14,16H,3-4,6-8,10-11H2. The van der Waals surface area contributed by atoms with Crippen molar-refractivity contribution in [1.29, 1.82) is 0 Å². The number of hydrogen-bond donors (Lipinski definition) is 0. The molecule has 17 heavy (non-hydrogen) atoms. The average Bonchev–Trinajstić information content (AvgIpc) is 2.76. The summed E-state index contributed by atoms with van der Waals surface area (Å²) in [5, 5.41) is 0.448. The zero-order chi connectivity index (χ0) is 11.7. The normalized spacial score (nSPS) is 32.4. The van der Waals surface area contributed by atoms with Crippen LogP contribution in [0.1, 0.15) is 55.6 Å². The molecule has 0 spiro atoms. The molecule has 0 aromatic heterocycles. The largest absolute Gasteiger partial charge is 0.123 e. The van der Waals surface area contributed by atoms with Gasteiger partial charge in [-0.15, -0.1) is 11.6 Å². The zero-order valence-electron chi connectivity index (χ0n) is 10.4. The van der Waals surface area contributed by atoms with E-state index in [-0.39, 0.29) is 0 Å².